The Morgan fingerprint density at radius 2 is 2.27 bits per heavy atom. The minimum atomic E-state index is -0.423. The minimum absolute atomic E-state index is 0.136. The molecular weight excluding hydrogens is 192 g/mol. The molecule has 1 aliphatic rings. The van der Waals surface area contributed by atoms with Crippen molar-refractivity contribution in [3.63, 3.8) is 0 Å². The van der Waals surface area contributed by atoms with Crippen LogP contribution >= 0.6 is 0 Å². The van der Waals surface area contributed by atoms with Crippen LogP contribution in [0.3, 0.4) is 0 Å². The molecule has 0 aromatic carbocycles. The largest absolute Gasteiger partial charge is 0.377 e. The van der Waals surface area contributed by atoms with Crippen LogP contribution < -0.4 is 5.73 Å². The zero-order valence-corrected chi connectivity index (χ0v) is 9.95. The van der Waals surface area contributed by atoms with Gasteiger partial charge in [0.05, 0.1) is 6.10 Å². The molecule has 4 heteroatoms. The van der Waals surface area contributed by atoms with E-state index >= 15 is 0 Å². The quantitative estimate of drug-likeness (QED) is 0.738. The van der Waals surface area contributed by atoms with E-state index in [4.69, 9.17) is 10.5 Å². The van der Waals surface area contributed by atoms with Crippen molar-refractivity contribution in [2.45, 2.75) is 45.3 Å². The van der Waals surface area contributed by atoms with Gasteiger partial charge in [-0.2, -0.15) is 0 Å². The Hall–Kier alpha value is -0.610. The maximum absolute atomic E-state index is 11.9. The lowest BCUT2D eigenvalue weighted by Crippen LogP contribution is -2.43. The van der Waals surface area contributed by atoms with Crippen LogP contribution in [0.1, 0.15) is 33.6 Å². The van der Waals surface area contributed by atoms with E-state index in [1.807, 2.05) is 25.7 Å². The Morgan fingerprint density at radius 3 is 2.87 bits per heavy atom. The lowest BCUT2D eigenvalue weighted by Gasteiger charge is -2.26. The van der Waals surface area contributed by atoms with Gasteiger partial charge in [0.2, 0.25) is 5.91 Å². The van der Waals surface area contributed by atoms with Gasteiger partial charge in [-0.15, -0.1) is 0 Å². The summed E-state index contributed by atoms with van der Waals surface area (Å²) in [7, 11) is 0. The molecule has 0 radical (unpaired) electrons. The number of hydrogen-bond acceptors (Lipinski definition) is 3. The van der Waals surface area contributed by atoms with E-state index in [0.717, 1.165) is 19.6 Å². The normalized spacial score (nSPS) is 23.7. The van der Waals surface area contributed by atoms with Crippen molar-refractivity contribution in [3.8, 4) is 0 Å². The first kappa shape index (κ1) is 12.5. The fourth-order valence-electron chi connectivity index (χ4n) is 1.72. The predicted molar refractivity (Wildman–Crippen MR) is 59.5 cm³/mol. The molecule has 0 spiro atoms. The summed E-state index contributed by atoms with van der Waals surface area (Å²) in [6, 6.07) is 0. The van der Waals surface area contributed by atoms with Gasteiger partial charge in [0.15, 0.2) is 0 Å². The SMILES string of the molecule is CC1CN(C(=O)CC(C)(C)N)CCCO1. The van der Waals surface area contributed by atoms with Crippen molar-refractivity contribution in [1.29, 1.82) is 0 Å². The number of rotatable bonds is 2. The van der Waals surface area contributed by atoms with Crippen molar-refractivity contribution in [3.05, 3.63) is 0 Å². The Kier molecular flexibility index (Phi) is 4.11. The molecule has 1 heterocycles. The van der Waals surface area contributed by atoms with Crippen LogP contribution in [0.25, 0.3) is 0 Å². The van der Waals surface area contributed by atoms with Gasteiger partial charge in [-0.05, 0) is 27.2 Å². The van der Waals surface area contributed by atoms with E-state index in [0.29, 0.717) is 13.0 Å². The second-order valence-electron chi connectivity index (χ2n) is 5.04. The van der Waals surface area contributed by atoms with Crippen LogP contribution in [0.2, 0.25) is 0 Å². The first-order chi connectivity index (χ1) is 6.88. The van der Waals surface area contributed by atoms with Crippen molar-refractivity contribution in [1.82, 2.24) is 4.90 Å². The Labute approximate surface area is 91.8 Å². The number of nitrogens with two attached hydrogens (primary N) is 1. The van der Waals surface area contributed by atoms with E-state index in [1.54, 1.807) is 0 Å². The van der Waals surface area contributed by atoms with Gasteiger partial charge in [0.1, 0.15) is 0 Å². The number of ether oxygens (including phenoxy) is 1. The highest BCUT2D eigenvalue weighted by atomic mass is 16.5. The Balaban J connectivity index is 2.50. The minimum Gasteiger partial charge on any atom is -0.377 e. The standard InChI is InChI=1S/C11H22N2O2/c1-9-8-13(5-4-6-15-9)10(14)7-11(2,3)12/h9H,4-8,12H2,1-3H3. The molecule has 1 aliphatic heterocycles. The lowest BCUT2D eigenvalue weighted by molar-refractivity contribution is -0.132. The summed E-state index contributed by atoms with van der Waals surface area (Å²) in [6.07, 6.45) is 1.46. The van der Waals surface area contributed by atoms with E-state index < -0.39 is 5.54 Å². The summed E-state index contributed by atoms with van der Waals surface area (Å²) in [6.45, 7) is 7.98. The average molecular weight is 214 g/mol. The van der Waals surface area contributed by atoms with Gasteiger partial charge in [-0.3, -0.25) is 4.79 Å². The fraction of sp³-hybridized carbons (Fsp3) is 0.909. The van der Waals surface area contributed by atoms with Crippen molar-refractivity contribution in [2.24, 2.45) is 5.73 Å². The van der Waals surface area contributed by atoms with Crippen LogP contribution in [0, 0.1) is 0 Å². The molecule has 1 amide bonds. The van der Waals surface area contributed by atoms with Crippen LogP contribution in [-0.2, 0) is 9.53 Å². The molecule has 0 aliphatic carbocycles. The van der Waals surface area contributed by atoms with Crippen molar-refractivity contribution >= 4 is 5.91 Å². The number of carbonyl (C=O) groups is 1. The summed E-state index contributed by atoms with van der Waals surface area (Å²) >= 11 is 0. The average Bonchev–Trinajstić information content (AvgIpc) is 2.26. The molecule has 2 N–H and O–H groups in total. The number of hydrogen-bond donors (Lipinski definition) is 1. The number of nitrogens with zero attached hydrogens (tertiary/aromatic N) is 1. The Bertz CT molecular complexity index is 223. The maximum Gasteiger partial charge on any atom is 0.224 e. The molecule has 88 valence electrons. The molecule has 1 saturated heterocycles. The molecule has 0 aromatic rings. The second kappa shape index (κ2) is 4.94. The third kappa shape index (κ3) is 4.62. The molecule has 1 rings (SSSR count). The van der Waals surface area contributed by atoms with Crippen molar-refractivity contribution < 1.29 is 9.53 Å². The van der Waals surface area contributed by atoms with Crippen LogP contribution in [0.4, 0.5) is 0 Å². The molecule has 1 atom stereocenters. The molecule has 1 unspecified atom stereocenters. The molecular formula is C11H22N2O2. The van der Waals surface area contributed by atoms with Gasteiger partial charge in [-0.25, -0.2) is 0 Å². The third-order valence-electron chi connectivity index (χ3n) is 2.41. The van der Waals surface area contributed by atoms with Crippen molar-refractivity contribution in [2.75, 3.05) is 19.7 Å². The summed E-state index contributed by atoms with van der Waals surface area (Å²) in [5.41, 5.74) is 5.41. The van der Waals surface area contributed by atoms with E-state index in [-0.39, 0.29) is 12.0 Å². The monoisotopic (exact) mass is 214 g/mol. The van der Waals surface area contributed by atoms with Gasteiger partial charge in [-0.1, -0.05) is 0 Å². The highest BCUT2D eigenvalue weighted by Gasteiger charge is 2.24. The smallest absolute Gasteiger partial charge is 0.224 e. The van der Waals surface area contributed by atoms with Crippen LogP contribution in [0.5, 0.6) is 0 Å². The zero-order chi connectivity index (χ0) is 11.5. The highest BCUT2D eigenvalue weighted by molar-refractivity contribution is 5.77. The highest BCUT2D eigenvalue weighted by Crippen LogP contribution is 2.11. The first-order valence-corrected chi connectivity index (χ1v) is 5.57. The topological polar surface area (TPSA) is 55.6 Å². The Morgan fingerprint density at radius 1 is 1.60 bits per heavy atom. The summed E-state index contributed by atoms with van der Waals surface area (Å²) in [4.78, 5) is 13.8. The van der Waals surface area contributed by atoms with Gasteiger partial charge in [0, 0.05) is 31.7 Å². The lowest BCUT2D eigenvalue weighted by atomic mass is 10.0. The third-order valence-corrected chi connectivity index (χ3v) is 2.41. The number of carbonyl (C=O) groups excluding carboxylic acids is 1. The van der Waals surface area contributed by atoms with E-state index in [9.17, 15) is 4.79 Å². The number of amides is 1. The van der Waals surface area contributed by atoms with Gasteiger partial charge < -0.3 is 15.4 Å². The predicted octanol–water partition coefficient (Wildman–Crippen LogP) is 0.751. The maximum atomic E-state index is 11.9. The van der Waals surface area contributed by atoms with Crippen LogP contribution in [-0.4, -0.2) is 42.1 Å². The van der Waals surface area contributed by atoms with Gasteiger partial charge in [0.25, 0.3) is 0 Å². The van der Waals surface area contributed by atoms with E-state index in [1.165, 1.54) is 0 Å². The first-order valence-electron chi connectivity index (χ1n) is 5.57. The molecule has 0 saturated carbocycles. The molecule has 0 bridgehead atoms. The fourth-order valence-corrected chi connectivity index (χ4v) is 1.72. The molecule has 1 fully saturated rings. The molecule has 0 aromatic heterocycles. The zero-order valence-electron chi connectivity index (χ0n) is 9.95. The summed E-state index contributed by atoms with van der Waals surface area (Å²) < 4.78 is 5.49. The summed E-state index contributed by atoms with van der Waals surface area (Å²) in [5, 5.41) is 0. The summed E-state index contributed by atoms with van der Waals surface area (Å²) in [5.74, 6) is 0.139. The van der Waals surface area contributed by atoms with Gasteiger partial charge >= 0.3 is 0 Å². The van der Waals surface area contributed by atoms with E-state index in [2.05, 4.69) is 0 Å². The van der Waals surface area contributed by atoms with Crippen LogP contribution in [0.15, 0.2) is 0 Å². The second-order valence-corrected chi connectivity index (χ2v) is 5.04. The molecule has 15 heavy (non-hydrogen) atoms. The molecule has 4 nitrogen and oxygen atoms in total.